The van der Waals surface area contributed by atoms with Crippen LogP contribution in [0.1, 0.15) is 6.92 Å². The van der Waals surface area contributed by atoms with Gasteiger partial charge in [-0.25, -0.2) is 0 Å². The van der Waals surface area contributed by atoms with Gasteiger partial charge in [0.25, 0.3) is 0 Å². The second kappa shape index (κ2) is 2.49. The Morgan fingerprint density at radius 3 is 3.00 bits per heavy atom. The van der Waals surface area contributed by atoms with Gasteiger partial charge in [0.05, 0.1) is 6.04 Å². The normalized spacial score (nSPS) is 24.6. The van der Waals surface area contributed by atoms with Gasteiger partial charge in [0.1, 0.15) is 6.29 Å². The van der Waals surface area contributed by atoms with Crippen molar-refractivity contribution in [1.29, 1.82) is 0 Å². The molecule has 1 atom stereocenters. The van der Waals surface area contributed by atoms with Crippen molar-refractivity contribution >= 4 is 6.29 Å². The number of nitrogens with one attached hydrogen (secondary N) is 1. The quantitative estimate of drug-likeness (QED) is 0.518. The second-order valence-corrected chi connectivity index (χ2v) is 2.03. The molecule has 0 saturated heterocycles. The van der Waals surface area contributed by atoms with E-state index >= 15 is 0 Å². The highest BCUT2D eigenvalue weighted by molar-refractivity contribution is 5.76. The van der Waals surface area contributed by atoms with Crippen LogP contribution in [0.5, 0.6) is 0 Å². The number of carbonyl (C=O) groups excluding carboxylic acids is 1. The summed E-state index contributed by atoms with van der Waals surface area (Å²) in [6.07, 6.45) is 6.34. The van der Waals surface area contributed by atoms with Crippen molar-refractivity contribution in [2.45, 2.75) is 13.0 Å². The number of dihydropyridines is 1. The first-order chi connectivity index (χ1) is 4.34. The first-order valence-electron chi connectivity index (χ1n) is 2.92. The highest BCUT2D eigenvalue weighted by atomic mass is 16.1. The molecule has 1 N–H and O–H groups in total. The fraction of sp³-hybridized carbons (Fsp3) is 0.286. The van der Waals surface area contributed by atoms with Crippen LogP contribution in [-0.4, -0.2) is 12.3 Å². The minimum Gasteiger partial charge on any atom is -0.384 e. The van der Waals surface area contributed by atoms with Crippen LogP contribution in [0.2, 0.25) is 0 Å². The Morgan fingerprint density at radius 1 is 1.78 bits per heavy atom. The van der Waals surface area contributed by atoms with Gasteiger partial charge in [-0.15, -0.1) is 0 Å². The van der Waals surface area contributed by atoms with Crippen LogP contribution >= 0.6 is 0 Å². The van der Waals surface area contributed by atoms with E-state index in [0.717, 1.165) is 11.9 Å². The minimum atomic E-state index is 0.174. The molecule has 0 bridgehead atoms. The Morgan fingerprint density at radius 2 is 2.56 bits per heavy atom. The molecule has 0 amide bonds. The summed E-state index contributed by atoms with van der Waals surface area (Å²) in [4.78, 5) is 10.2. The number of hydrogen-bond donors (Lipinski definition) is 1. The van der Waals surface area contributed by atoms with Gasteiger partial charge in [0, 0.05) is 5.57 Å². The molecule has 9 heavy (non-hydrogen) atoms. The zero-order valence-corrected chi connectivity index (χ0v) is 5.29. The maximum Gasteiger partial charge on any atom is 0.148 e. The van der Waals surface area contributed by atoms with Crippen molar-refractivity contribution in [1.82, 2.24) is 5.32 Å². The summed E-state index contributed by atoms with van der Waals surface area (Å²) in [5, 5.41) is 3.00. The molecule has 0 aromatic heterocycles. The van der Waals surface area contributed by atoms with Crippen molar-refractivity contribution in [3.63, 3.8) is 0 Å². The standard InChI is InChI=1S/C7H9NO/c1-6-7(5-9)3-2-4-8-6/h2-6,8H,1H3. The lowest BCUT2D eigenvalue weighted by Crippen LogP contribution is -2.25. The maximum atomic E-state index is 10.2. The molecule has 0 fully saturated rings. The van der Waals surface area contributed by atoms with Gasteiger partial charge in [0.2, 0.25) is 0 Å². The third-order valence-corrected chi connectivity index (χ3v) is 1.37. The fourth-order valence-electron chi connectivity index (χ4n) is 0.741. The van der Waals surface area contributed by atoms with Crippen LogP contribution < -0.4 is 5.32 Å². The summed E-state index contributed by atoms with van der Waals surface area (Å²) in [5.74, 6) is 0. The summed E-state index contributed by atoms with van der Waals surface area (Å²) >= 11 is 0. The number of allylic oxidation sites excluding steroid dienone is 2. The molecule has 1 aliphatic heterocycles. The van der Waals surface area contributed by atoms with E-state index in [9.17, 15) is 4.79 Å². The molecule has 0 saturated carbocycles. The number of hydrogen-bond acceptors (Lipinski definition) is 2. The van der Waals surface area contributed by atoms with Gasteiger partial charge < -0.3 is 5.32 Å². The van der Waals surface area contributed by atoms with Crippen LogP contribution in [0.3, 0.4) is 0 Å². The predicted molar refractivity (Wildman–Crippen MR) is 35.9 cm³/mol. The Hall–Kier alpha value is -1.05. The molecule has 48 valence electrons. The average Bonchev–Trinajstić information content (AvgIpc) is 1.89. The lowest BCUT2D eigenvalue weighted by atomic mass is 10.1. The third kappa shape index (κ3) is 1.19. The van der Waals surface area contributed by atoms with Crippen molar-refractivity contribution in [3.05, 3.63) is 23.9 Å². The molecule has 1 aliphatic rings. The highest BCUT2D eigenvalue weighted by Gasteiger charge is 2.05. The van der Waals surface area contributed by atoms with E-state index < -0.39 is 0 Å². The summed E-state index contributed by atoms with van der Waals surface area (Å²) < 4.78 is 0. The molecular formula is C7H9NO. The van der Waals surface area contributed by atoms with Crippen molar-refractivity contribution in [3.8, 4) is 0 Å². The molecule has 2 nitrogen and oxygen atoms in total. The SMILES string of the molecule is CC1NC=CC=C1C=O. The largest absolute Gasteiger partial charge is 0.384 e. The predicted octanol–water partition coefficient (Wildman–Crippen LogP) is 0.617. The van der Waals surface area contributed by atoms with Crippen LogP contribution in [-0.2, 0) is 4.79 Å². The number of carbonyl (C=O) groups is 1. The summed E-state index contributed by atoms with van der Waals surface area (Å²) in [6.45, 7) is 1.95. The summed E-state index contributed by atoms with van der Waals surface area (Å²) in [6, 6.07) is 0.174. The van der Waals surface area contributed by atoms with Gasteiger partial charge in [-0.1, -0.05) is 6.08 Å². The van der Waals surface area contributed by atoms with E-state index in [4.69, 9.17) is 0 Å². The molecule has 1 rings (SSSR count). The smallest absolute Gasteiger partial charge is 0.148 e. The van der Waals surface area contributed by atoms with Gasteiger partial charge in [-0.3, -0.25) is 4.79 Å². The van der Waals surface area contributed by atoms with E-state index in [1.165, 1.54) is 0 Å². The summed E-state index contributed by atoms with van der Waals surface area (Å²) in [7, 11) is 0. The molecule has 1 unspecified atom stereocenters. The van der Waals surface area contributed by atoms with Crippen molar-refractivity contribution in [2.75, 3.05) is 0 Å². The van der Waals surface area contributed by atoms with E-state index in [-0.39, 0.29) is 6.04 Å². The average molecular weight is 123 g/mol. The first-order valence-corrected chi connectivity index (χ1v) is 2.92. The molecule has 1 heterocycles. The monoisotopic (exact) mass is 123 g/mol. The Kier molecular flexibility index (Phi) is 1.68. The topological polar surface area (TPSA) is 29.1 Å². The highest BCUT2D eigenvalue weighted by Crippen LogP contribution is 2.02. The van der Waals surface area contributed by atoms with E-state index in [1.807, 2.05) is 25.3 Å². The van der Waals surface area contributed by atoms with Gasteiger partial charge in [0.15, 0.2) is 0 Å². The lowest BCUT2D eigenvalue weighted by Gasteiger charge is -2.13. The maximum absolute atomic E-state index is 10.2. The fourth-order valence-corrected chi connectivity index (χ4v) is 0.741. The molecule has 0 spiro atoms. The Bertz CT molecular complexity index is 170. The minimum absolute atomic E-state index is 0.174. The van der Waals surface area contributed by atoms with Crippen molar-refractivity contribution in [2.24, 2.45) is 0 Å². The number of rotatable bonds is 1. The van der Waals surface area contributed by atoms with E-state index in [1.54, 1.807) is 0 Å². The zero-order valence-electron chi connectivity index (χ0n) is 5.29. The van der Waals surface area contributed by atoms with E-state index in [0.29, 0.717) is 0 Å². The molecule has 0 aromatic rings. The molecule has 2 heteroatoms. The van der Waals surface area contributed by atoms with Gasteiger partial charge >= 0.3 is 0 Å². The van der Waals surface area contributed by atoms with Crippen LogP contribution in [0.15, 0.2) is 23.9 Å². The molecule has 0 aromatic carbocycles. The van der Waals surface area contributed by atoms with Crippen LogP contribution in [0, 0.1) is 0 Å². The molecule has 0 aliphatic carbocycles. The Labute approximate surface area is 54.3 Å². The van der Waals surface area contributed by atoms with Gasteiger partial charge in [-0.2, -0.15) is 0 Å². The zero-order chi connectivity index (χ0) is 6.69. The van der Waals surface area contributed by atoms with Crippen molar-refractivity contribution < 1.29 is 4.79 Å². The lowest BCUT2D eigenvalue weighted by molar-refractivity contribution is -0.105. The molecule has 0 radical (unpaired) electrons. The third-order valence-electron chi connectivity index (χ3n) is 1.37. The van der Waals surface area contributed by atoms with Gasteiger partial charge in [-0.05, 0) is 19.2 Å². The second-order valence-electron chi connectivity index (χ2n) is 2.03. The Balaban J connectivity index is 2.74. The van der Waals surface area contributed by atoms with Crippen LogP contribution in [0.4, 0.5) is 0 Å². The van der Waals surface area contributed by atoms with Crippen LogP contribution in [0.25, 0.3) is 0 Å². The van der Waals surface area contributed by atoms with E-state index in [2.05, 4.69) is 5.32 Å². The molecular weight excluding hydrogens is 114 g/mol. The number of aldehydes is 1. The summed E-state index contributed by atoms with van der Waals surface area (Å²) in [5.41, 5.74) is 0.803. The first kappa shape index (κ1) is 6.08.